The number of carboxylic acid groups (broad SMARTS) is 1. The molecule has 4 nitrogen and oxygen atoms in total. The Morgan fingerprint density at radius 1 is 1.35 bits per heavy atom. The van der Waals surface area contributed by atoms with E-state index in [0.717, 1.165) is 18.2 Å². The topological polar surface area (TPSA) is 66.4 Å². The van der Waals surface area contributed by atoms with Crippen molar-refractivity contribution in [3.8, 4) is 0 Å². The van der Waals surface area contributed by atoms with Gasteiger partial charge in [0.05, 0.1) is 5.92 Å². The van der Waals surface area contributed by atoms with Crippen LogP contribution in [0.2, 0.25) is 0 Å². The molecule has 0 heterocycles. The van der Waals surface area contributed by atoms with Gasteiger partial charge in [-0.2, -0.15) is 0 Å². The Bertz CT molecular complexity index is 604. The first-order valence-corrected chi connectivity index (χ1v) is 7.75. The molecule has 1 aromatic rings. The first-order valence-electron chi connectivity index (χ1n) is 7.75. The van der Waals surface area contributed by atoms with Crippen LogP contribution in [0.15, 0.2) is 18.2 Å². The van der Waals surface area contributed by atoms with Crippen LogP contribution in [0, 0.1) is 29.4 Å². The highest BCUT2D eigenvalue weighted by Crippen LogP contribution is 2.48. The fourth-order valence-electron chi connectivity index (χ4n) is 2.82. The molecule has 0 saturated heterocycles. The summed E-state index contributed by atoms with van der Waals surface area (Å²) >= 11 is 0. The second-order valence-electron chi connectivity index (χ2n) is 6.52. The van der Waals surface area contributed by atoms with Crippen LogP contribution in [0.3, 0.4) is 0 Å². The van der Waals surface area contributed by atoms with Crippen LogP contribution in [-0.2, 0) is 9.59 Å². The summed E-state index contributed by atoms with van der Waals surface area (Å²) in [5.74, 6) is -3.47. The van der Waals surface area contributed by atoms with Crippen molar-refractivity contribution in [1.29, 1.82) is 0 Å². The van der Waals surface area contributed by atoms with Gasteiger partial charge < -0.3 is 10.4 Å². The van der Waals surface area contributed by atoms with Crippen LogP contribution in [0.1, 0.15) is 38.2 Å². The Balaban J connectivity index is 1.90. The molecule has 126 valence electrons. The summed E-state index contributed by atoms with van der Waals surface area (Å²) in [5.41, 5.74) is 0.210. The summed E-state index contributed by atoms with van der Waals surface area (Å²) in [6.45, 7) is 3.89. The van der Waals surface area contributed by atoms with Crippen LogP contribution in [0.4, 0.5) is 8.78 Å². The number of carbonyl (C=O) groups excluding carboxylic acids is 1. The molecule has 1 aromatic carbocycles. The van der Waals surface area contributed by atoms with E-state index in [-0.39, 0.29) is 29.9 Å². The molecule has 3 atom stereocenters. The number of carboxylic acids is 1. The monoisotopic (exact) mass is 325 g/mol. The molecule has 0 aliphatic heterocycles. The predicted molar refractivity (Wildman–Crippen MR) is 80.8 cm³/mol. The Labute approximate surface area is 133 Å². The number of nitrogens with one attached hydrogen (secondary N) is 1. The lowest BCUT2D eigenvalue weighted by Crippen LogP contribution is -2.34. The maximum atomic E-state index is 13.7. The maximum absolute atomic E-state index is 13.7. The summed E-state index contributed by atoms with van der Waals surface area (Å²) in [4.78, 5) is 23.2. The Kier molecular flexibility index (Phi) is 5.34. The van der Waals surface area contributed by atoms with E-state index in [9.17, 15) is 18.4 Å². The highest BCUT2D eigenvalue weighted by molar-refractivity contribution is 5.83. The van der Waals surface area contributed by atoms with Gasteiger partial charge in [-0.3, -0.25) is 9.59 Å². The fourth-order valence-corrected chi connectivity index (χ4v) is 2.82. The minimum atomic E-state index is -0.942. The van der Waals surface area contributed by atoms with E-state index in [2.05, 4.69) is 5.32 Å². The molecule has 1 aliphatic carbocycles. The third kappa shape index (κ3) is 4.50. The Morgan fingerprint density at radius 3 is 2.65 bits per heavy atom. The van der Waals surface area contributed by atoms with Crippen molar-refractivity contribution in [1.82, 2.24) is 5.32 Å². The largest absolute Gasteiger partial charge is 0.481 e. The average Bonchev–Trinajstić information content (AvgIpc) is 3.25. The standard InChI is InChI=1S/C17H21F2NO3/c1-9(2)5-10(17(22)23)8-20-16(21)14-7-12(14)13-6-11(18)3-4-15(13)19/h3-4,6,9-10,12,14H,5,7-8H2,1-2H3,(H,20,21)(H,22,23). The highest BCUT2D eigenvalue weighted by atomic mass is 19.1. The van der Waals surface area contributed by atoms with Gasteiger partial charge in [-0.15, -0.1) is 0 Å². The first-order chi connectivity index (χ1) is 10.8. The van der Waals surface area contributed by atoms with Crippen LogP contribution in [0.25, 0.3) is 0 Å². The van der Waals surface area contributed by atoms with Gasteiger partial charge in [-0.05, 0) is 48.4 Å². The number of hydrogen-bond acceptors (Lipinski definition) is 2. The molecule has 6 heteroatoms. The highest BCUT2D eigenvalue weighted by Gasteiger charge is 2.45. The Morgan fingerprint density at radius 2 is 2.04 bits per heavy atom. The number of rotatable bonds is 7. The van der Waals surface area contributed by atoms with Gasteiger partial charge in [0.2, 0.25) is 5.91 Å². The summed E-state index contributed by atoms with van der Waals surface area (Å²) in [5, 5.41) is 11.8. The van der Waals surface area contributed by atoms with E-state index in [1.807, 2.05) is 13.8 Å². The minimum absolute atomic E-state index is 0.0567. The van der Waals surface area contributed by atoms with E-state index in [1.165, 1.54) is 0 Å². The summed E-state index contributed by atoms with van der Waals surface area (Å²) in [6, 6.07) is 3.22. The fraction of sp³-hybridized carbons (Fsp3) is 0.529. The molecular weight excluding hydrogens is 304 g/mol. The molecule has 2 N–H and O–H groups in total. The molecule has 0 radical (unpaired) electrons. The van der Waals surface area contributed by atoms with Gasteiger partial charge in [0.25, 0.3) is 0 Å². The van der Waals surface area contributed by atoms with Crippen LogP contribution in [0.5, 0.6) is 0 Å². The van der Waals surface area contributed by atoms with Crippen molar-refractivity contribution < 1.29 is 23.5 Å². The Hall–Kier alpha value is -1.98. The lowest BCUT2D eigenvalue weighted by molar-refractivity contribution is -0.142. The number of amides is 1. The number of benzene rings is 1. The summed E-state index contributed by atoms with van der Waals surface area (Å²) < 4.78 is 26.9. The third-order valence-corrected chi connectivity index (χ3v) is 4.11. The molecular formula is C17H21F2NO3. The lowest BCUT2D eigenvalue weighted by Gasteiger charge is -2.15. The first kappa shape index (κ1) is 17.4. The second kappa shape index (κ2) is 7.06. The average molecular weight is 325 g/mol. The van der Waals surface area contributed by atoms with Crippen molar-refractivity contribution in [3.63, 3.8) is 0 Å². The summed E-state index contributed by atoms with van der Waals surface area (Å²) in [6.07, 6.45) is 0.927. The van der Waals surface area contributed by atoms with Crippen molar-refractivity contribution in [2.24, 2.45) is 17.8 Å². The van der Waals surface area contributed by atoms with E-state index < -0.39 is 29.4 Å². The number of halogens is 2. The molecule has 0 spiro atoms. The van der Waals surface area contributed by atoms with E-state index in [1.54, 1.807) is 0 Å². The van der Waals surface area contributed by atoms with Crippen LogP contribution < -0.4 is 5.32 Å². The van der Waals surface area contributed by atoms with Crippen molar-refractivity contribution in [3.05, 3.63) is 35.4 Å². The number of hydrogen-bond donors (Lipinski definition) is 2. The van der Waals surface area contributed by atoms with Gasteiger partial charge in [-0.1, -0.05) is 13.8 Å². The molecule has 1 fully saturated rings. The zero-order valence-electron chi connectivity index (χ0n) is 13.2. The summed E-state index contributed by atoms with van der Waals surface area (Å²) in [7, 11) is 0. The van der Waals surface area contributed by atoms with Gasteiger partial charge in [-0.25, -0.2) is 8.78 Å². The van der Waals surface area contributed by atoms with E-state index in [4.69, 9.17) is 5.11 Å². The smallest absolute Gasteiger partial charge is 0.308 e. The minimum Gasteiger partial charge on any atom is -0.481 e. The SMILES string of the molecule is CC(C)CC(CNC(=O)C1CC1c1cc(F)ccc1F)C(=O)O. The quantitative estimate of drug-likeness (QED) is 0.810. The van der Waals surface area contributed by atoms with Crippen molar-refractivity contribution in [2.45, 2.75) is 32.6 Å². The predicted octanol–water partition coefficient (Wildman–Crippen LogP) is 2.93. The van der Waals surface area contributed by atoms with E-state index in [0.29, 0.717) is 12.8 Å². The van der Waals surface area contributed by atoms with E-state index >= 15 is 0 Å². The molecule has 1 saturated carbocycles. The molecule has 0 bridgehead atoms. The normalized spacial score (nSPS) is 21.1. The van der Waals surface area contributed by atoms with Gasteiger partial charge in [0.1, 0.15) is 11.6 Å². The molecule has 23 heavy (non-hydrogen) atoms. The number of aliphatic carboxylic acids is 1. The van der Waals surface area contributed by atoms with Crippen LogP contribution >= 0.6 is 0 Å². The third-order valence-electron chi connectivity index (χ3n) is 4.11. The number of carbonyl (C=O) groups is 2. The maximum Gasteiger partial charge on any atom is 0.308 e. The van der Waals surface area contributed by atoms with Gasteiger partial charge in [0, 0.05) is 12.5 Å². The van der Waals surface area contributed by atoms with Crippen molar-refractivity contribution in [2.75, 3.05) is 6.54 Å². The molecule has 2 rings (SSSR count). The molecule has 1 amide bonds. The molecule has 3 unspecified atom stereocenters. The lowest BCUT2D eigenvalue weighted by atomic mass is 9.97. The zero-order chi connectivity index (χ0) is 17.1. The second-order valence-corrected chi connectivity index (χ2v) is 6.52. The zero-order valence-corrected chi connectivity index (χ0v) is 13.2. The van der Waals surface area contributed by atoms with Crippen LogP contribution in [-0.4, -0.2) is 23.5 Å². The van der Waals surface area contributed by atoms with Gasteiger partial charge >= 0.3 is 5.97 Å². The van der Waals surface area contributed by atoms with Crippen molar-refractivity contribution >= 4 is 11.9 Å². The molecule has 1 aliphatic rings. The van der Waals surface area contributed by atoms with Gasteiger partial charge in [0.15, 0.2) is 0 Å². The molecule has 0 aromatic heterocycles.